The summed E-state index contributed by atoms with van der Waals surface area (Å²) in [4.78, 5) is 11.2. The van der Waals surface area contributed by atoms with Crippen molar-refractivity contribution in [1.29, 1.82) is 0 Å². The van der Waals surface area contributed by atoms with Gasteiger partial charge in [0.2, 0.25) is 5.91 Å². The molecule has 1 amide bonds. The van der Waals surface area contributed by atoms with Crippen molar-refractivity contribution in [2.24, 2.45) is 11.1 Å². The SMILES string of the molecule is CC(C)(CN)C(F)(F)c1ccc2c(c1)CC(=O)N2. The van der Waals surface area contributed by atoms with E-state index in [-0.39, 0.29) is 24.4 Å². The molecule has 0 fully saturated rings. The van der Waals surface area contributed by atoms with Crippen LogP contribution in [0.2, 0.25) is 0 Å². The minimum atomic E-state index is -3.03. The first-order valence-electron chi connectivity index (χ1n) is 5.79. The molecule has 0 aliphatic carbocycles. The van der Waals surface area contributed by atoms with Crippen LogP contribution in [0.3, 0.4) is 0 Å². The van der Waals surface area contributed by atoms with E-state index >= 15 is 0 Å². The summed E-state index contributed by atoms with van der Waals surface area (Å²) in [6, 6.07) is 4.27. The Bertz CT molecular complexity index is 498. The molecule has 3 N–H and O–H groups in total. The molecule has 1 aliphatic rings. The summed E-state index contributed by atoms with van der Waals surface area (Å²) in [7, 11) is 0. The highest BCUT2D eigenvalue weighted by Crippen LogP contribution is 2.45. The Balaban J connectivity index is 2.41. The second-order valence-electron chi connectivity index (χ2n) is 5.26. The van der Waals surface area contributed by atoms with Crippen molar-refractivity contribution in [3.05, 3.63) is 29.3 Å². The minimum Gasteiger partial charge on any atom is -0.330 e. The van der Waals surface area contributed by atoms with E-state index in [2.05, 4.69) is 5.32 Å². The maximum absolute atomic E-state index is 14.3. The predicted molar refractivity (Wildman–Crippen MR) is 65.5 cm³/mol. The zero-order valence-corrected chi connectivity index (χ0v) is 10.4. The average molecular weight is 254 g/mol. The first kappa shape index (κ1) is 13.0. The number of hydrogen-bond acceptors (Lipinski definition) is 2. The number of amides is 1. The van der Waals surface area contributed by atoms with Crippen molar-refractivity contribution in [3.63, 3.8) is 0 Å². The fourth-order valence-electron chi connectivity index (χ4n) is 1.94. The van der Waals surface area contributed by atoms with Gasteiger partial charge >= 0.3 is 0 Å². The number of anilines is 1. The number of fused-ring (bicyclic) bond motifs is 1. The Labute approximate surface area is 104 Å². The molecule has 5 heteroatoms. The summed E-state index contributed by atoms with van der Waals surface area (Å²) in [5.74, 6) is -3.19. The summed E-state index contributed by atoms with van der Waals surface area (Å²) in [5.41, 5.74) is 5.24. The third-order valence-corrected chi connectivity index (χ3v) is 3.45. The highest BCUT2D eigenvalue weighted by atomic mass is 19.3. The van der Waals surface area contributed by atoms with Crippen LogP contribution in [0.1, 0.15) is 25.0 Å². The number of alkyl halides is 2. The van der Waals surface area contributed by atoms with Gasteiger partial charge in [-0.3, -0.25) is 4.79 Å². The number of benzene rings is 1. The quantitative estimate of drug-likeness (QED) is 0.869. The summed E-state index contributed by atoms with van der Waals surface area (Å²) >= 11 is 0. The normalized spacial score (nSPS) is 15.5. The summed E-state index contributed by atoms with van der Waals surface area (Å²) in [5, 5.41) is 2.62. The van der Waals surface area contributed by atoms with Gasteiger partial charge in [0.25, 0.3) is 5.92 Å². The molecule has 1 heterocycles. The molecule has 0 unspecified atom stereocenters. The van der Waals surface area contributed by atoms with Crippen molar-refractivity contribution < 1.29 is 13.6 Å². The van der Waals surface area contributed by atoms with Crippen LogP contribution in [0.15, 0.2) is 18.2 Å². The van der Waals surface area contributed by atoms with Crippen LogP contribution in [0.4, 0.5) is 14.5 Å². The van der Waals surface area contributed by atoms with E-state index < -0.39 is 11.3 Å². The molecule has 3 nitrogen and oxygen atoms in total. The van der Waals surface area contributed by atoms with Crippen LogP contribution in [-0.2, 0) is 17.1 Å². The van der Waals surface area contributed by atoms with Crippen LogP contribution < -0.4 is 11.1 Å². The molecular formula is C13H16F2N2O. The van der Waals surface area contributed by atoms with Crippen LogP contribution in [0.5, 0.6) is 0 Å². The van der Waals surface area contributed by atoms with Crippen LogP contribution in [0.25, 0.3) is 0 Å². The van der Waals surface area contributed by atoms with Crippen molar-refractivity contribution in [2.45, 2.75) is 26.2 Å². The fraction of sp³-hybridized carbons (Fsp3) is 0.462. The standard InChI is InChI=1S/C13H16F2N2O/c1-12(2,7-16)13(14,15)9-3-4-10-8(5-9)6-11(18)17-10/h3-5H,6-7,16H2,1-2H3,(H,17,18). The van der Waals surface area contributed by atoms with Gasteiger partial charge in [-0.25, -0.2) is 8.78 Å². The zero-order chi connectivity index (χ0) is 13.6. The third-order valence-electron chi connectivity index (χ3n) is 3.45. The molecular weight excluding hydrogens is 238 g/mol. The van der Waals surface area contributed by atoms with Gasteiger partial charge in [-0.1, -0.05) is 19.9 Å². The Hall–Kier alpha value is -1.49. The minimum absolute atomic E-state index is 0.0896. The van der Waals surface area contributed by atoms with Crippen molar-refractivity contribution >= 4 is 11.6 Å². The van der Waals surface area contributed by atoms with E-state index in [4.69, 9.17) is 5.73 Å². The van der Waals surface area contributed by atoms with E-state index in [1.165, 1.54) is 32.0 Å². The summed E-state index contributed by atoms with van der Waals surface area (Å²) in [6.45, 7) is 2.75. The summed E-state index contributed by atoms with van der Waals surface area (Å²) < 4.78 is 28.6. The Morgan fingerprint density at radius 3 is 2.67 bits per heavy atom. The number of carbonyl (C=O) groups excluding carboxylic acids is 1. The zero-order valence-electron chi connectivity index (χ0n) is 10.4. The van der Waals surface area contributed by atoms with Gasteiger partial charge in [-0.05, 0) is 17.7 Å². The molecule has 0 atom stereocenters. The lowest BCUT2D eigenvalue weighted by Gasteiger charge is -2.33. The second-order valence-corrected chi connectivity index (χ2v) is 5.26. The molecule has 0 spiro atoms. The van der Waals surface area contributed by atoms with Crippen LogP contribution in [-0.4, -0.2) is 12.5 Å². The number of hydrogen-bond donors (Lipinski definition) is 2. The van der Waals surface area contributed by atoms with Gasteiger partial charge in [0, 0.05) is 23.2 Å². The molecule has 0 saturated carbocycles. The molecule has 18 heavy (non-hydrogen) atoms. The topological polar surface area (TPSA) is 55.1 Å². The molecule has 98 valence electrons. The fourth-order valence-corrected chi connectivity index (χ4v) is 1.94. The number of nitrogens with two attached hydrogens (primary N) is 1. The van der Waals surface area contributed by atoms with Gasteiger partial charge < -0.3 is 11.1 Å². The van der Waals surface area contributed by atoms with Crippen LogP contribution in [0, 0.1) is 5.41 Å². The van der Waals surface area contributed by atoms with Gasteiger partial charge in [0.15, 0.2) is 0 Å². The maximum atomic E-state index is 14.3. The lowest BCUT2D eigenvalue weighted by atomic mass is 9.81. The van der Waals surface area contributed by atoms with Crippen molar-refractivity contribution in [1.82, 2.24) is 0 Å². The number of halogens is 2. The first-order chi connectivity index (χ1) is 8.28. The van der Waals surface area contributed by atoms with Crippen molar-refractivity contribution in [3.8, 4) is 0 Å². The highest BCUT2D eigenvalue weighted by Gasteiger charge is 2.47. The predicted octanol–water partition coefficient (Wildman–Crippen LogP) is 2.26. The largest absolute Gasteiger partial charge is 0.330 e. The van der Waals surface area contributed by atoms with Crippen LogP contribution >= 0.6 is 0 Å². The third kappa shape index (κ3) is 1.88. The lowest BCUT2D eigenvalue weighted by molar-refractivity contribution is -0.115. The average Bonchev–Trinajstić information content (AvgIpc) is 2.67. The first-order valence-corrected chi connectivity index (χ1v) is 5.79. The number of nitrogens with one attached hydrogen (secondary N) is 1. The Morgan fingerprint density at radius 1 is 1.39 bits per heavy atom. The van der Waals surface area contributed by atoms with E-state index in [1.807, 2.05) is 0 Å². The number of carbonyl (C=O) groups is 1. The van der Waals surface area contributed by atoms with E-state index in [9.17, 15) is 13.6 Å². The van der Waals surface area contributed by atoms with E-state index in [1.54, 1.807) is 0 Å². The molecule has 0 saturated heterocycles. The van der Waals surface area contributed by atoms with Gasteiger partial charge in [0.05, 0.1) is 6.42 Å². The molecule has 1 aromatic rings. The molecule has 1 aromatic carbocycles. The van der Waals surface area contributed by atoms with Crippen molar-refractivity contribution in [2.75, 3.05) is 11.9 Å². The highest BCUT2D eigenvalue weighted by molar-refractivity contribution is 5.99. The lowest BCUT2D eigenvalue weighted by Crippen LogP contribution is -2.40. The van der Waals surface area contributed by atoms with Gasteiger partial charge in [-0.15, -0.1) is 0 Å². The molecule has 0 aromatic heterocycles. The second kappa shape index (κ2) is 4.02. The number of rotatable bonds is 3. The Kier molecular flexibility index (Phi) is 2.89. The summed E-state index contributed by atoms with van der Waals surface area (Å²) in [6.07, 6.45) is 0.155. The van der Waals surface area contributed by atoms with Gasteiger partial charge in [-0.2, -0.15) is 0 Å². The van der Waals surface area contributed by atoms with Gasteiger partial charge in [0.1, 0.15) is 0 Å². The molecule has 0 radical (unpaired) electrons. The molecule has 0 bridgehead atoms. The van der Waals surface area contributed by atoms with E-state index in [0.717, 1.165) is 0 Å². The smallest absolute Gasteiger partial charge is 0.279 e. The Morgan fingerprint density at radius 2 is 2.06 bits per heavy atom. The maximum Gasteiger partial charge on any atom is 0.279 e. The monoisotopic (exact) mass is 254 g/mol. The van der Waals surface area contributed by atoms with E-state index in [0.29, 0.717) is 11.3 Å². The molecule has 1 aliphatic heterocycles. The molecule has 2 rings (SSSR count).